The topological polar surface area (TPSA) is 130 Å². The summed E-state index contributed by atoms with van der Waals surface area (Å²) in [5.74, 6) is -0.198. The molecular weight excluding hydrogens is 394 g/mol. The number of halogens is 1. The van der Waals surface area contributed by atoms with Crippen molar-refractivity contribution in [2.45, 2.75) is 19.4 Å². The number of nitrogens with two attached hydrogens (primary N) is 1. The average Bonchev–Trinajstić information content (AvgIpc) is 3.16. The van der Waals surface area contributed by atoms with Crippen molar-refractivity contribution in [2.24, 2.45) is 10.7 Å². The Kier molecular flexibility index (Phi) is 7.52. The van der Waals surface area contributed by atoms with Crippen LogP contribution in [0.3, 0.4) is 0 Å². The largest absolute Gasteiger partial charge is 0.395 e. The first-order valence-electron chi connectivity index (χ1n) is 8.77. The molecule has 10 heteroatoms. The van der Waals surface area contributed by atoms with Crippen LogP contribution in [0.25, 0.3) is 5.70 Å². The summed E-state index contributed by atoms with van der Waals surface area (Å²) in [6, 6.07) is 3.50. The molecule has 0 bridgehead atoms. The van der Waals surface area contributed by atoms with Crippen LogP contribution in [0.5, 0.6) is 0 Å². The molecule has 2 aromatic rings. The van der Waals surface area contributed by atoms with E-state index in [4.69, 9.17) is 22.4 Å². The summed E-state index contributed by atoms with van der Waals surface area (Å²) in [5.41, 5.74) is 6.83. The quantitative estimate of drug-likeness (QED) is 0.292. The molecule has 9 nitrogen and oxygen atoms in total. The fraction of sp³-hybridized carbons (Fsp3) is 0.263. The van der Waals surface area contributed by atoms with E-state index in [1.807, 2.05) is 13.8 Å². The Bertz CT molecular complexity index is 934. The zero-order valence-corrected chi connectivity index (χ0v) is 17.0. The molecule has 0 aliphatic carbocycles. The minimum atomic E-state index is -0.655. The number of pyridine rings is 1. The van der Waals surface area contributed by atoms with Gasteiger partial charge >= 0.3 is 0 Å². The molecule has 0 saturated carbocycles. The maximum absolute atomic E-state index is 11.9. The highest BCUT2D eigenvalue weighted by molar-refractivity contribution is 6.31. The predicted octanol–water partition coefficient (Wildman–Crippen LogP) is 1.48. The highest BCUT2D eigenvalue weighted by Crippen LogP contribution is 2.24. The Morgan fingerprint density at radius 2 is 2.28 bits per heavy atom. The molecule has 0 fully saturated rings. The van der Waals surface area contributed by atoms with Gasteiger partial charge in [-0.25, -0.2) is 9.67 Å². The van der Waals surface area contributed by atoms with Gasteiger partial charge in [-0.1, -0.05) is 18.2 Å². The lowest BCUT2D eigenvalue weighted by atomic mass is 10.00. The summed E-state index contributed by atoms with van der Waals surface area (Å²) in [7, 11) is 0. The van der Waals surface area contributed by atoms with Crippen molar-refractivity contribution in [3.8, 4) is 0 Å². The van der Waals surface area contributed by atoms with E-state index in [0.29, 0.717) is 22.0 Å². The monoisotopic (exact) mass is 417 g/mol. The van der Waals surface area contributed by atoms with E-state index in [0.717, 1.165) is 0 Å². The molecule has 29 heavy (non-hydrogen) atoms. The highest BCUT2D eigenvalue weighted by atomic mass is 35.5. The van der Waals surface area contributed by atoms with Gasteiger partial charge in [0.15, 0.2) is 5.96 Å². The van der Waals surface area contributed by atoms with Crippen LogP contribution >= 0.6 is 11.6 Å². The number of aliphatic imine (C=N–C) groups is 1. The number of guanidine groups is 1. The van der Waals surface area contributed by atoms with Gasteiger partial charge in [-0.05, 0) is 32.1 Å². The van der Waals surface area contributed by atoms with Crippen molar-refractivity contribution >= 4 is 29.2 Å². The lowest BCUT2D eigenvalue weighted by molar-refractivity contribution is 0.0945. The third-order valence-electron chi connectivity index (χ3n) is 3.84. The van der Waals surface area contributed by atoms with Crippen LogP contribution in [-0.4, -0.2) is 44.9 Å². The number of amides is 1. The van der Waals surface area contributed by atoms with E-state index in [-0.39, 0.29) is 25.0 Å². The zero-order chi connectivity index (χ0) is 21.4. The first-order valence-corrected chi connectivity index (χ1v) is 9.15. The van der Waals surface area contributed by atoms with Gasteiger partial charge in [-0.2, -0.15) is 5.10 Å². The second-order valence-electron chi connectivity index (χ2n) is 6.51. The van der Waals surface area contributed by atoms with Crippen LogP contribution in [-0.2, 0) is 5.54 Å². The van der Waals surface area contributed by atoms with Crippen LogP contribution in [0, 0.1) is 0 Å². The fourth-order valence-corrected chi connectivity index (χ4v) is 2.81. The summed E-state index contributed by atoms with van der Waals surface area (Å²) < 4.78 is 1.44. The molecule has 0 aliphatic heterocycles. The van der Waals surface area contributed by atoms with E-state index in [1.54, 1.807) is 18.3 Å². The molecule has 5 N–H and O–H groups in total. The molecule has 2 rings (SSSR count). The molecule has 0 aliphatic rings. The number of aliphatic hydroxyl groups is 1. The fourth-order valence-electron chi connectivity index (χ4n) is 2.45. The van der Waals surface area contributed by atoms with Gasteiger partial charge in [0, 0.05) is 18.9 Å². The standard InChI is InChI=1S/C19H24ClN7O2/c1-4-14(27-12-13(10-25-27)17(29)23-8-9-28)11-24-18(21)26-19(2,3)16-15(20)6-5-7-22-16/h4-7,10-12,28H,1,8-9H2,2-3H3,(H,23,29)(H3,21,24,26)/b14-11+. The van der Waals surface area contributed by atoms with Gasteiger partial charge < -0.3 is 21.5 Å². The lowest BCUT2D eigenvalue weighted by Crippen LogP contribution is -2.45. The van der Waals surface area contributed by atoms with Gasteiger partial charge in [0.2, 0.25) is 0 Å². The first-order chi connectivity index (χ1) is 13.8. The summed E-state index contributed by atoms with van der Waals surface area (Å²) in [4.78, 5) is 20.4. The minimum Gasteiger partial charge on any atom is -0.395 e. The molecule has 1 amide bonds. The smallest absolute Gasteiger partial charge is 0.254 e. The maximum atomic E-state index is 11.9. The summed E-state index contributed by atoms with van der Waals surface area (Å²) >= 11 is 6.22. The second-order valence-corrected chi connectivity index (χ2v) is 6.92. The highest BCUT2D eigenvalue weighted by Gasteiger charge is 2.25. The third-order valence-corrected chi connectivity index (χ3v) is 4.15. The van der Waals surface area contributed by atoms with Crippen LogP contribution in [0.4, 0.5) is 0 Å². The molecule has 0 saturated heterocycles. The number of allylic oxidation sites excluding steroid dienone is 2. The number of aliphatic hydroxyl groups excluding tert-OH is 1. The van der Waals surface area contributed by atoms with Crippen molar-refractivity contribution in [1.29, 1.82) is 0 Å². The van der Waals surface area contributed by atoms with Gasteiger partial charge in [-0.3, -0.25) is 9.78 Å². The molecule has 2 aromatic heterocycles. The lowest BCUT2D eigenvalue weighted by Gasteiger charge is -2.26. The van der Waals surface area contributed by atoms with Crippen molar-refractivity contribution in [3.63, 3.8) is 0 Å². The van der Waals surface area contributed by atoms with Crippen LogP contribution in [0.2, 0.25) is 5.02 Å². The van der Waals surface area contributed by atoms with Crippen LogP contribution in [0.1, 0.15) is 29.9 Å². The molecule has 0 atom stereocenters. The molecular formula is C19H24ClN7O2. The van der Waals surface area contributed by atoms with Crippen LogP contribution < -0.4 is 16.4 Å². The molecule has 0 spiro atoms. The Morgan fingerprint density at radius 1 is 1.52 bits per heavy atom. The number of hydrogen-bond donors (Lipinski definition) is 4. The van der Waals surface area contributed by atoms with E-state index >= 15 is 0 Å². The maximum Gasteiger partial charge on any atom is 0.254 e. The van der Waals surface area contributed by atoms with Crippen LogP contribution in [0.15, 0.2) is 54.6 Å². The normalized spacial score (nSPS) is 12.6. The number of hydrogen-bond acceptors (Lipinski definition) is 5. The molecule has 154 valence electrons. The summed E-state index contributed by atoms with van der Waals surface area (Å²) in [6.07, 6.45) is 7.58. The number of nitrogens with zero attached hydrogens (tertiary/aromatic N) is 4. The van der Waals surface area contributed by atoms with Crippen molar-refractivity contribution in [1.82, 2.24) is 25.4 Å². The average molecular weight is 418 g/mol. The van der Waals surface area contributed by atoms with Gasteiger partial charge in [0.25, 0.3) is 5.91 Å². The number of rotatable bonds is 8. The number of nitrogens with one attached hydrogen (secondary N) is 2. The number of carbonyl (C=O) groups excluding carboxylic acids is 1. The Hall–Kier alpha value is -3.17. The molecule has 0 aromatic carbocycles. The minimum absolute atomic E-state index is 0.140. The molecule has 0 unspecified atom stereocenters. The Labute approximate surface area is 174 Å². The predicted molar refractivity (Wildman–Crippen MR) is 113 cm³/mol. The number of carbonyl (C=O) groups is 1. The van der Waals surface area contributed by atoms with Gasteiger partial charge in [0.1, 0.15) is 0 Å². The van der Waals surface area contributed by atoms with E-state index in [2.05, 4.69) is 32.3 Å². The molecule has 0 radical (unpaired) electrons. The van der Waals surface area contributed by atoms with Gasteiger partial charge in [-0.15, -0.1) is 0 Å². The summed E-state index contributed by atoms with van der Waals surface area (Å²) in [6.45, 7) is 7.52. The van der Waals surface area contributed by atoms with Crippen molar-refractivity contribution in [3.05, 3.63) is 65.9 Å². The van der Waals surface area contributed by atoms with E-state index in [1.165, 1.54) is 29.4 Å². The second kappa shape index (κ2) is 9.85. The number of aromatic nitrogens is 3. The summed E-state index contributed by atoms with van der Waals surface area (Å²) in [5, 5.41) is 19.1. The van der Waals surface area contributed by atoms with E-state index < -0.39 is 5.54 Å². The SMILES string of the molecule is C=C/C(=C\N=C(/N)NC(C)(C)c1ncccc1Cl)n1cc(C(=O)NCCO)cn1. The first kappa shape index (κ1) is 22.1. The zero-order valence-electron chi connectivity index (χ0n) is 16.3. The van der Waals surface area contributed by atoms with Crippen molar-refractivity contribution in [2.75, 3.05) is 13.2 Å². The van der Waals surface area contributed by atoms with Crippen molar-refractivity contribution < 1.29 is 9.90 Å². The molecule has 2 heterocycles. The Balaban J connectivity index is 2.16. The Morgan fingerprint density at radius 3 is 2.93 bits per heavy atom. The van der Waals surface area contributed by atoms with E-state index in [9.17, 15) is 4.79 Å². The van der Waals surface area contributed by atoms with Gasteiger partial charge in [0.05, 0.1) is 46.5 Å². The third kappa shape index (κ3) is 5.90.